The van der Waals surface area contributed by atoms with E-state index in [0.29, 0.717) is 12.5 Å². The van der Waals surface area contributed by atoms with E-state index < -0.39 is 20.0 Å². The van der Waals surface area contributed by atoms with Gasteiger partial charge in [0.05, 0.1) is 4.90 Å². The van der Waals surface area contributed by atoms with Crippen LogP contribution < -0.4 is 0 Å². The lowest BCUT2D eigenvalue weighted by molar-refractivity contribution is 0.146. The molecule has 0 unspecified atom stereocenters. The van der Waals surface area contributed by atoms with E-state index >= 15 is 0 Å². The predicted molar refractivity (Wildman–Crippen MR) is 77.0 cm³/mol. The van der Waals surface area contributed by atoms with E-state index in [1.54, 1.807) is 28.7 Å². The molecule has 0 bridgehead atoms. The molecule has 0 amide bonds. The highest BCUT2D eigenvalue weighted by Gasteiger charge is 2.44. The third kappa shape index (κ3) is 4.22. The van der Waals surface area contributed by atoms with Crippen LogP contribution >= 0.6 is 22.6 Å². The summed E-state index contributed by atoms with van der Waals surface area (Å²) in [5.74, 6) is 0. The first-order chi connectivity index (χ1) is 8.81. The lowest BCUT2D eigenvalue weighted by atomic mass is 10.3. The molecule has 0 saturated heterocycles. The molecule has 106 valence electrons. The Balaban J connectivity index is 3.06. The largest absolute Gasteiger partial charge is 0.396 e. The molecule has 0 spiro atoms. The van der Waals surface area contributed by atoms with Crippen molar-refractivity contribution in [2.24, 2.45) is 0 Å². The first kappa shape index (κ1) is 16.5. The Morgan fingerprint density at radius 2 is 1.89 bits per heavy atom. The first-order valence-electron chi connectivity index (χ1n) is 5.47. The number of aliphatic hydroxyl groups excluding tert-OH is 1. The van der Waals surface area contributed by atoms with Crippen LogP contribution in [0.15, 0.2) is 44.9 Å². The summed E-state index contributed by atoms with van der Waals surface area (Å²) in [5, 5.41) is 4.66. The standard InChI is InChI=1S/C12H13F2IO3S/c13-12(14,9-10(15)5-4-8-16)19(17,18)11-6-2-1-3-7-11/h1-3,6-7,9,16H,4-5,8H2/b10-9+. The van der Waals surface area contributed by atoms with Crippen molar-refractivity contribution in [3.63, 3.8) is 0 Å². The second-order valence-corrected chi connectivity index (χ2v) is 7.20. The van der Waals surface area contributed by atoms with Gasteiger partial charge >= 0.3 is 5.25 Å². The lowest BCUT2D eigenvalue weighted by Crippen LogP contribution is -2.26. The number of aliphatic hydroxyl groups is 1. The van der Waals surface area contributed by atoms with Crippen LogP contribution in [0, 0.1) is 0 Å². The number of hydrogen-bond acceptors (Lipinski definition) is 3. The Hall–Kier alpha value is -0.540. The topological polar surface area (TPSA) is 54.4 Å². The molecule has 0 aliphatic carbocycles. The highest BCUT2D eigenvalue weighted by molar-refractivity contribution is 14.1. The van der Waals surface area contributed by atoms with E-state index in [-0.39, 0.29) is 16.6 Å². The van der Waals surface area contributed by atoms with Crippen LogP contribution in [0.3, 0.4) is 0 Å². The van der Waals surface area contributed by atoms with Crippen LogP contribution in [0.25, 0.3) is 0 Å². The summed E-state index contributed by atoms with van der Waals surface area (Å²) in [4.78, 5) is -0.414. The van der Waals surface area contributed by atoms with Crippen molar-refractivity contribution in [1.29, 1.82) is 0 Å². The van der Waals surface area contributed by atoms with Crippen molar-refractivity contribution in [3.8, 4) is 0 Å². The van der Waals surface area contributed by atoms with E-state index in [2.05, 4.69) is 0 Å². The van der Waals surface area contributed by atoms with Gasteiger partial charge in [-0.3, -0.25) is 0 Å². The third-order valence-corrected chi connectivity index (χ3v) is 4.89. The van der Waals surface area contributed by atoms with Crippen molar-refractivity contribution < 1.29 is 22.3 Å². The molecule has 0 aromatic heterocycles. The van der Waals surface area contributed by atoms with Gasteiger partial charge in [-0.2, -0.15) is 8.78 Å². The molecule has 1 rings (SSSR count). The lowest BCUT2D eigenvalue weighted by Gasteiger charge is -2.14. The van der Waals surface area contributed by atoms with E-state index in [1.807, 2.05) is 0 Å². The molecule has 0 radical (unpaired) electrons. The number of alkyl halides is 2. The van der Waals surface area contributed by atoms with E-state index in [4.69, 9.17) is 5.11 Å². The number of allylic oxidation sites excluding steroid dienone is 1. The summed E-state index contributed by atoms with van der Waals surface area (Å²) in [5.41, 5.74) is 0. The summed E-state index contributed by atoms with van der Waals surface area (Å²) in [7, 11) is -4.74. The van der Waals surface area contributed by atoms with Gasteiger partial charge in [-0.05, 0) is 51.1 Å². The quantitative estimate of drug-likeness (QED) is 0.744. The van der Waals surface area contributed by atoms with E-state index in [1.165, 1.54) is 12.1 Å². The SMILES string of the molecule is O=S(=O)(c1ccccc1)C(F)(F)/C=C(/I)CCCO. The van der Waals surface area contributed by atoms with Gasteiger partial charge in [0.15, 0.2) is 0 Å². The van der Waals surface area contributed by atoms with E-state index in [0.717, 1.165) is 12.1 Å². The summed E-state index contributed by atoms with van der Waals surface area (Å²) in [6.45, 7) is -0.128. The van der Waals surface area contributed by atoms with Gasteiger partial charge in [-0.25, -0.2) is 8.42 Å². The predicted octanol–water partition coefficient (Wildman–Crippen LogP) is 3.14. The van der Waals surface area contributed by atoms with Gasteiger partial charge < -0.3 is 5.11 Å². The fourth-order valence-electron chi connectivity index (χ4n) is 1.34. The maximum absolute atomic E-state index is 13.8. The van der Waals surface area contributed by atoms with Gasteiger partial charge in [0.25, 0.3) is 0 Å². The molecule has 0 aliphatic heterocycles. The van der Waals surface area contributed by atoms with Crippen LogP contribution in [0.1, 0.15) is 12.8 Å². The van der Waals surface area contributed by atoms with Crippen LogP contribution in [0.4, 0.5) is 8.78 Å². The van der Waals surface area contributed by atoms with Crippen LogP contribution in [0.2, 0.25) is 0 Å². The Morgan fingerprint density at radius 3 is 2.42 bits per heavy atom. The van der Waals surface area contributed by atoms with Gasteiger partial charge in [0.2, 0.25) is 9.84 Å². The third-order valence-electron chi connectivity index (χ3n) is 2.31. The zero-order valence-corrected chi connectivity index (χ0v) is 12.9. The Bertz CT molecular complexity index is 541. The molecule has 0 saturated carbocycles. The molecule has 3 nitrogen and oxygen atoms in total. The fraction of sp³-hybridized carbons (Fsp3) is 0.333. The molecule has 0 heterocycles. The zero-order valence-electron chi connectivity index (χ0n) is 9.89. The Morgan fingerprint density at radius 1 is 1.32 bits per heavy atom. The molecular weight excluding hydrogens is 389 g/mol. The fourth-order valence-corrected chi connectivity index (χ4v) is 3.45. The summed E-state index contributed by atoms with van der Waals surface area (Å²) in [6.07, 6.45) is 0.971. The molecule has 0 atom stereocenters. The van der Waals surface area contributed by atoms with Crippen molar-refractivity contribution in [2.75, 3.05) is 6.61 Å². The van der Waals surface area contributed by atoms with Gasteiger partial charge in [0.1, 0.15) is 0 Å². The molecule has 1 aromatic rings. The van der Waals surface area contributed by atoms with Crippen molar-refractivity contribution in [2.45, 2.75) is 23.0 Å². The normalized spacial score (nSPS) is 13.6. The molecule has 19 heavy (non-hydrogen) atoms. The monoisotopic (exact) mass is 402 g/mol. The average Bonchev–Trinajstić information content (AvgIpc) is 2.36. The highest BCUT2D eigenvalue weighted by Crippen LogP contribution is 2.33. The summed E-state index contributed by atoms with van der Waals surface area (Å²) < 4.78 is 51.5. The van der Waals surface area contributed by atoms with Gasteiger partial charge in [-0.15, -0.1) is 0 Å². The molecule has 7 heteroatoms. The Kier molecular flexibility index (Phi) is 5.87. The number of halogens is 3. The maximum Gasteiger partial charge on any atom is 0.369 e. The minimum atomic E-state index is -4.74. The molecule has 0 fully saturated rings. The van der Waals surface area contributed by atoms with Crippen LogP contribution in [-0.4, -0.2) is 25.4 Å². The zero-order chi connectivity index (χ0) is 14.5. The number of benzene rings is 1. The van der Waals surface area contributed by atoms with Gasteiger partial charge in [-0.1, -0.05) is 18.2 Å². The molecular formula is C12H13F2IO3S. The minimum absolute atomic E-state index is 0.128. The number of hydrogen-bond donors (Lipinski definition) is 1. The maximum atomic E-state index is 13.8. The van der Waals surface area contributed by atoms with Crippen molar-refractivity contribution >= 4 is 32.4 Å². The summed E-state index contributed by atoms with van der Waals surface area (Å²) >= 11 is 1.66. The van der Waals surface area contributed by atoms with Crippen LogP contribution in [0.5, 0.6) is 0 Å². The molecule has 1 N–H and O–H groups in total. The smallest absolute Gasteiger partial charge is 0.369 e. The van der Waals surface area contributed by atoms with Crippen molar-refractivity contribution in [1.82, 2.24) is 0 Å². The molecule has 0 aliphatic rings. The second kappa shape index (κ2) is 6.76. The van der Waals surface area contributed by atoms with E-state index in [9.17, 15) is 17.2 Å². The minimum Gasteiger partial charge on any atom is -0.396 e. The first-order valence-corrected chi connectivity index (χ1v) is 8.03. The Labute approximate surface area is 124 Å². The van der Waals surface area contributed by atoms with Crippen molar-refractivity contribution in [3.05, 3.63) is 40.0 Å². The summed E-state index contributed by atoms with van der Waals surface area (Å²) in [6, 6.07) is 6.61. The molecule has 1 aromatic carbocycles. The number of sulfone groups is 1. The average molecular weight is 402 g/mol. The van der Waals surface area contributed by atoms with Gasteiger partial charge in [0, 0.05) is 12.7 Å². The number of rotatable bonds is 6. The second-order valence-electron chi connectivity index (χ2n) is 3.80. The van der Waals surface area contributed by atoms with Crippen LogP contribution in [-0.2, 0) is 9.84 Å². The highest BCUT2D eigenvalue weighted by atomic mass is 127.